The van der Waals surface area contributed by atoms with Crippen LogP contribution in [0.2, 0.25) is 0 Å². The van der Waals surface area contributed by atoms with Crippen LogP contribution in [0.25, 0.3) is 0 Å². The zero-order chi connectivity index (χ0) is 26.8. The topological polar surface area (TPSA) is 144 Å². The number of carbonyl (C=O) groups is 3. The third-order valence-electron chi connectivity index (χ3n) is 7.68. The maximum Gasteiger partial charge on any atom is 0.252 e. The van der Waals surface area contributed by atoms with Crippen molar-refractivity contribution in [1.29, 1.82) is 0 Å². The Morgan fingerprint density at radius 3 is 2.66 bits per heavy atom. The number of nitrogens with zero attached hydrogens (tertiary/aromatic N) is 1. The fraction of sp³-hybridized carbons (Fsp3) is 0.593. The van der Waals surface area contributed by atoms with E-state index >= 15 is 0 Å². The number of nitrogens with one attached hydrogen (secondary N) is 1. The van der Waals surface area contributed by atoms with Crippen LogP contribution < -0.4 is 14.8 Å². The van der Waals surface area contributed by atoms with Gasteiger partial charge in [-0.2, -0.15) is 0 Å². The molecule has 6 unspecified atom stereocenters. The number of aliphatic hydroxyl groups excluding tert-OH is 2. The van der Waals surface area contributed by atoms with E-state index in [1.807, 2.05) is 0 Å². The van der Waals surface area contributed by atoms with Gasteiger partial charge in [-0.1, -0.05) is 0 Å². The minimum absolute atomic E-state index is 0.0284. The van der Waals surface area contributed by atoms with Crippen LogP contribution in [0.4, 0.5) is 0 Å². The predicted molar refractivity (Wildman–Crippen MR) is 133 cm³/mol. The van der Waals surface area contributed by atoms with E-state index in [1.54, 1.807) is 17.0 Å². The summed E-state index contributed by atoms with van der Waals surface area (Å²) in [7, 11) is 1.45. The van der Waals surface area contributed by atoms with Gasteiger partial charge in [0.25, 0.3) is 5.91 Å². The number of aliphatic hydroxyl groups is 2. The number of ether oxygens (including phenoxy) is 4. The van der Waals surface area contributed by atoms with Crippen LogP contribution in [0.3, 0.4) is 0 Å². The molecular weight excluding hydrogens is 496 g/mol. The lowest BCUT2D eigenvalue weighted by atomic mass is 9.77. The number of rotatable bonds is 9. The molecule has 0 saturated carbocycles. The van der Waals surface area contributed by atoms with Crippen LogP contribution in [0.1, 0.15) is 47.5 Å². The number of amides is 2. The second-order valence-corrected chi connectivity index (χ2v) is 10.0. The summed E-state index contributed by atoms with van der Waals surface area (Å²) in [5.41, 5.74) is 1.15. The normalized spacial score (nSPS) is 29.6. The largest absolute Gasteiger partial charge is 0.493 e. The summed E-state index contributed by atoms with van der Waals surface area (Å²) in [6.07, 6.45) is 2.36. The fourth-order valence-electron chi connectivity index (χ4n) is 5.88. The summed E-state index contributed by atoms with van der Waals surface area (Å²) in [5.74, 6) is -0.789. The summed E-state index contributed by atoms with van der Waals surface area (Å²) in [5, 5.41) is 23.7. The van der Waals surface area contributed by atoms with Gasteiger partial charge >= 0.3 is 0 Å². The number of hydrogen-bond donors (Lipinski definition) is 3. The summed E-state index contributed by atoms with van der Waals surface area (Å²) in [6.45, 7) is 1.11. The SMILES string of the molecule is COc1cc(C=O)cc2c1OC1C2C(C(=O)NCCO)=CC(N(CC2CCCO2)C(=O)C2CCCO2)C1O. The van der Waals surface area contributed by atoms with Crippen LogP contribution in [0.15, 0.2) is 23.8 Å². The van der Waals surface area contributed by atoms with Crippen LogP contribution in [-0.4, -0.2) is 104 Å². The van der Waals surface area contributed by atoms with E-state index in [4.69, 9.17) is 18.9 Å². The Hall–Kier alpha value is -2.99. The van der Waals surface area contributed by atoms with Crippen LogP contribution >= 0.6 is 0 Å². The lowest BCUT2D eigenvalue weighted by Gasteiger charge is -2.42. The van der Waals surface area contributed by atoms with E-state index in [-0.39, 0.29) is 37.3 Å². The van der Waals surface area contributed by atoms with Gasteiger partial charge in [0.15, 0.2) is 11.5 Å². The Morgan fingerprint density at radius 2 is 2.00 bits per heavy atom. The Bertz CT molecular complexity index is 1090. The van der Waals surface area contributed by atoms with Gasteiger partial charge in [-0.05, 0) is 43.9 Å². The minimum Gasteiger partial charge on any atom is -0.493 e. The molecule has 6 atom stereocenters. The average molecular weight is 531 g/mol. The molecule has 0 spiro atoms. The molecule has 2 fully saturated rings. The molecule has 1 aromatic rings. The molecule has 206 valence electrons. The standard InChI is InChI=1S/C27H34N2O9/c1-35-21-11-15(14-31)10-17-22-18(26(33)28-6-7-30)12-19(23(32)25(22)38-24(17)21)29(13-16-4-2-8-36-16)27(34)20-5-3-9-37-20/h10-12,14,16,19-20,22-23,25,30,32H,2-9,13H2,1H3,(H,28,33). The summed E-state index contributed by atoms with van der Waals surface area (Å²) < 4.78 is 23.2. The first-order chi connectivity index (χ1) is 18.5. The molecule has 11 heteroatoms. The number of hydrogen-bond acceptors (Lipinski definition) is 9. The number of benzene rings is 1. The quantitative estimate of drug-likeness (QED) is 0.385. The van der Waals surface area contributed by atoms with Crippen molar-refractivity contribution in [2.75, 3.05) is 40.0 Å². The zero-order valence-corrected chi connectivity index (χ0v) is 21.3. The molecule has 3 heterocycles. The maximum absolute atomic E-state index is 13.7. The molecule has 3 aliphatic heterocycles. The third-order valence-corrected chi connectivity index (χ3v) is 7.68. The third kappa shape index (κ3) is 4.91. The molecule has 0 bridgehead atoms. The van der Waals surface area contributed by atoms with Crippen molar-refractivity contribution in [1.82, 2.24) is 10.2 Å². The number of fused-ring (bicyclic) bond motifs is 3. The van der Waals surface area contributed by atoms with Crippen molar-refractivity contribution < 1.29 is 43.5 Å². The van der Waals surface area contributed by atoms with Crippen molar-refractivity contribution in [2.45, 2.75) is 62.1 Å². The lowest BCUT2D eigenvalue weighted by Crippen LogP contribution is -2.58. The van der Waals surface area contributed by atoms with Crippen molar-refractivity contribution >= 4 is 18.1 Å². The summed E-state index contributed by atoms with van der Waals surface area (Å²) >= 11 is 0. The van der Waals surface area contributed by atoms with Gasteiger partial charge in [0, 0.05) is 43.0 Å². The van der Waals surface area contributed by atoms with Gasteiger partial charge in [0.1, 0.15) is 24.6 Å². The predicted octanol–water partition coefficient (Wildman–Crippen LogP) is 0.317. The Labute approximate surface area is 220 Å². The molecule has 3 N–H and O–H groups in total. The van der Waals surface area contributed by atoms with E-state index in [1.165, 1.54) is 13.2 Å². The van der Waals surface area contributed by atoms with Crippen LogP contribution in [0.5, 0.6) is 11.5 Å². The molecule has 11 nitrogen and oxygen atoms in total. The fourth-order valence-corrected chi connectivity index (χ4v) is 5.88. The molecule has 0 aromatic heterocycles. The molecular formula is C27H34N2O9. The van der Waals surface area contributed by atoms with Crippen molar-refractivity contribution in [3.05, 3.63) is 34.9 Å². The monoisotopic (exact) mass is 530 g/mol. The highest BCUT2D eigenvalue weighted by atomic mass is 16.5. The first-order valence-electron chi connectivity index (χ1n) is 13.1. The minimum atomic E-state index is -1.20. The molecule has 4 aliphatic rings. The Kier molecular flexibility index (Phi) is 7.98. The second-order valence-electron chi connectivity index (χ2n) is 10.0. The Balaban J connectivity index is 1.57. The molecule has 1 aromatic carbocycles. The molecule has 38 heavy (non-hydrogen) atoms. The Morgan fingerprint density at radius 1 is 1.21 bits per heavy atom. The van der Waals surface area contributed by atoms with Crippen LogP contribution in [-0.2, 0) is 19.1 Å². The molecule has 5 rings (SSSR count). The van der Waals surface area contributed by atoms with Gasteiger partial charge in [0.2, 0.25) is 5.91 Å². The number of aldehydes is 1. The highest BCUT2D eigenvalue weighted by Gasteiger charge is 2.52. The number of carbonyl (C=O) groups excluding carboxylic acids is 3. The van der Waals surface area contributed by atoms with E-state index in [9.17, 15) is 24.6 Å². The smallest absolute Gasteiger partial charge is 0.252 e. The molecule has 2 amide bonds. The number of methoxy groups -OCH3 is 1. The van der Waals surface area contributed by atoms with Crippen LogP contribution in [0, 0.1) is 0 Å². The molecule has 0 radical (unpaired) electrons. The van der Waals surface area contributed by atoms with E-state index in [2.05, 4.69) is 5.32 Å². The van der Waals surface area contributed by atoms with Crippen molar-refractivity contribution in [2.24, 2.45) is 0 Å². The maximum atomic E-state index is 13.7. The first-order valence-corrected chi connectivity index (χ1v) is 13.1. The van der Waals surface area contributed by atoms with Gasteiger partial charge in [-0.25, -0.2) is 0 Å². The van der Waals surface area contributed by atoms with E-state index in [0.29, 0.717) is 48.5 Å². The lowest BCUT2D eigenvalue weighted by molar-refractivity contribution is -0.148. The first kappa shape index (κ1) is 26.6. The highest BCUT2D eigenvalue weighted by molar-refractivity contribution is 5.96. The van der Waals surface area contributed by atoms with Crippen molar-refractivity contribution in [3.63, 3.8) is 0 Å². The van der Waals surface area contributed by atoms with Gasteiger partial charge < -0.3 is 39.4 Å². The van der Waals surface area contributed by atoms with Gasteiger partial charge in [-0.3, -0.25) is 14.4 Å². The average Bonchev–Trinajstić information content (AvgIpc) is 3.71. The van der Waals surface area contributed by atoms with E-state index in [0.717, 1.165) is 19.3 Å². The van der Waals surface area contributed by atoms with Gasteiger partial charge in [0.05, 0.1) is 31.8 Å². The van der Waals surface area contributed by atoms with Crippen molar-refractivity contribution in [3.8, 4) is 11.5 Å². The second kappa shape index (κ2) is 11.4. The zero-order valence-electron chi connectivity index (χ0n) is 21.3. The summed E-state index contributed by atoms with van der Waals surface area (Å²) in [6, 6.07) is 2.27. The molecule has 2 saturated heterocycles. The van der Waals surface area contributed by atoms with Gasteiger partial charge in [-0.15, -0.1) is 0 Å². The summed E-state index contributed by atoms with van der Waals surface area (Å²) in [4.78, 5) is 40.3. The highest BCUT2D eigenvalue weighted by Crippen LogP contribution is 2.51. The molecule has 1 aliphatic carbocycles. The van der Waals surface area contributed by atoms with E-state index < -0.39 is 36.2 Å².